The monoisotopic (exact) mass is 307 g/mol. The van der Waals surface area contributed by atoms with Gasteiger partial charge in [-0.3, -0.25) is 9.69 Å². The molecule has 0 aromatic carbocycles. The van der Waals surface area contributed by atoms with Gasteiger partial charge in [-0.15, -0.1) is 11.3 Å². The lowest BCUT2D eigenvalue weighted by molar-refractivity contribution is -0.133. The van der Waals surface area contributed by atoms with E-state index in [1.165, 1.54) is 17.7 Å². The number of carbonyl (C=O) groups is 1. The van der Waals surface area contributed by atoms with Gasteiger partial charge < -0.3 is 10.2 Å². The van der Waals surface area contributed by atoms with Crippen molar-refractivity contribution in [1.29, 1.82) is 0 Å². The lowest BCUT2D eigenvalue weighted by Gasteiger charge is -2.33. The molecule has 2 aliphatic heterocycles. The van der Waals surface area contributed by atoms with Crippen molar-refractivity contribution in [2.45, 2.75) is 37.8 Å². The third-order valence-corrected chi connectivity index (χ3v) is 5.70. The summed E-state index contributed by atoms with van der Waals surface area (Å²) in [5.41, 5.74) is 0. The molecule has 2 atom stereocenters. The van der Waals surface area contributed by atoms with Gasteiger partial charge in [0.1, 0.15) is 0 Å². The second kappa shape index (κ2) is 6.90. The van der Waals surface area contributed by atoms with Crippen LogP contribution in [0.4, 0.5) is 0 Å². The molecule has 1 aromatic heterocycles. The molecule has 21 heavy (non-hydrogen) atoms. The first-order valence-electron chi connectivity index (χ1n) is 7.99. The zero-order valence-corrected chi connectivity index (χ0v) is 13.6. The molecule has 2 aliphatic rings. The Morgan fingerprint density at radius 3 is 3.10 bits per heavy atom. The van der Waals surface area contributed by atoms with E-state index in [4.69, 9.17) is 0 Å². The minimum atomic E-state index is 0.291. The normalized spacial score (nSPS) is 26.5. The first-order chi connectivity index (χ1) is 10.3. The number of nitrogens with zero attached hydrogens (tertiary/aromatic N) is 2. The molecule has 1 aromatic rings. The molecule has 0 spiro atoms. The van der Waals surface area contributed by atoms with Crippen LogP contribution in [-0.4, -0.2) is 55.0 Å². The van der Waals surface area contributed by atoms with Gasteiger partial charge in [-0.05, 0) is 50.7 Å². The van der Waals surface area contributed by atoms with Gasteiger partial charge in [-0.25, -0.2) is 0 Å². The average Bonchev–Trinajstić information content (AvgIpc) is 3.18. The third kappa shape index (κ3) is 3.47. The fourth-order valence-electron chi connectivity index (χ4n) is 3.48. The molecular weight excluding hydrogens is 282 g/mol. The van der Waals surface area contributed by atoms with Crippen LogP contribution >= 0.6 is 11.3 Å². The summed E-state index contributed by atoms with van der Waals surface area (Å²) < 4.78 is 0. The molecule has 5 heteroatoms. The minimum Gasteiger partial charge on any atom is -0.334 e. The van der Waals surface area contributed by atoms with E-state index in [2.05, 4.69) is 39.7 Å². The fraction of sp³-hybridized carbons (Fsp3) is 0.688. The second-order valence-electron chi connectivity index (χ2n) is 6.18. The predicted molar refractivity (Wildman–Crippen MR) is 86.5 cm³/mol. The number of likely N-dealkylation sites (N-methyl/N-ethyl adjacent to an activating group) is 1. The number of nitrogens with one attached hydrogen (secondary N) is 1. The lowest BCUT2D eigenvalue weighted by Crippen LogP contribution is -2.48. The van der Waals surface area contributed by atoms with Gasteiger partial charge in [0.05, 0.1) is 12.6 Å². The summed E-state index contributed by atoms with van der Waals surface area (Å²) in [4.78, 5) is 18.3. The highest BCUT2D eigenvalue weighted by molar-refractivity contribution is 7.10. The molecule has 1 N–H and O–H groups in total. The number of rotatable bonds is 4. The molecule has 2 fully saturated rings. The highest BCUT2D eigenvalue weighted by Gasteiger charge is 2.31. The van der Waals surface area contributed by atoms with Crippen molar-refractivity contribution in [3.05, 3.63) is 22.4 Å². The van der Waals surface area contributed by atoms with Crippen molar-refractivity contribution < 1.29 is 4.79 Å². The van der Waals surface area contributed by atoms with Gasteiger partial charge in [0, 0.05) is 24.0 Å². The first-order valence-corrected chi connectivity index (χ1v) is 8.87. The molecule has 3 rings (SSSR count). The summed E-state index contributed by atoms with van der Waals surface area (Å²) in [6, 6.07) is 5.07. The van der Waals surface area contributed by atoms with Crippen molar-refractivity contribution in [3.8, 4) is 0 Å². The van der Waals surface area contributed by atoms with E-state index >= 15 is 0 Å². The standard InChI is InChI=1S/C16H25N3OS/c1-18(13-5-2-8-17-11-13)12-16(20)19-9-3-6-14(19)15-7-4-10-21-15/h4,7,10,13-14,17H,2-3,5-6,8-9,11-12H2,1H3. The Labute approximate surface area is 131 Å². The largest absolute Gasteiger partial charge is 0.334 e. The number of thiophene rings is 1. The Morgan fingerprint density at radius 1 is 1.48 bits per heavy atom. The van der Waals surface area contributed by atoms with Gasteiger partial charge in [0.25, 0.3) is 0 Å². The first kappa shape index (κ1) is 15.0. The van der Waals surface area contributed by atoms with E-state index in [0.717, 1.165) is 32.5 Å². The molecule has 2 saturated heterocycles. The Balaban J connectivity index is 1.59. The van der Waals surface area contributed by atoms with Crippen molar-refractivity contribution >= 4 is 17.2 Å². The van der Waals surface area contributed by atoms with Crippen LogP contribution in [0.1, 0.15) is 36.6 Å². The maximum Gasteiger partial charge on any atom is 0.237 e. The maximum absolute atomic E-state index is 12.7. The quantitative estimate of drug-likeness (QED) is 0.925. The van der Waals surface area contributed by atoms with Crippen LogP contribution in [0.2, 0.25) is 0 Å². The van der Waals surface area contributed by atoms with Crippen molar-refractivity contribution in [2.24, 2.45) is 0 Å². The van der Waals surface area contributed by atoms with Crippen LogP contribution in [0, 0.1) is 0 Å². The Morgan fingerprint density at radius 2 is 2.38 bits per heavy atom. The van der Waals surface area contributed by atoms with E-state index in [9.17, 15) is 4.79 Å². The summed E-state index contributed by atoms with van der Waals surface area (Å²) in [5.74, 6) is 0.291. The van der Waals surface area contributed by atoms with Gasteiger partial charge >= 0.3 is 0 Å². The summed E-state index contributed by atoms with van der Waals surface area (Å²) in [7, 11) is 2.09. The topological polar surface area (TPSA) is 35.6 Å². The van der Waals surface area contributed by atoms with Crippen molar-refractivity contribution in [1.82, 2.24) is 15.1 Å². The van der Waals surface area contributed by atoms with E-state index in [0.29, 0.717) is 24.5 Å². The number of hydrogen-bond donors (Lipinski definition) is 1. The van der Waals surface area contributed by atoms with E-state index in [1.54, 1.807) is 11.3 Å². The second-order valence-corrected chi connectivity index (χ2v) is 7.16. The van der Waals surface area contributed by atoms with Gasteiger partial charge in [-0.2, -0.15) is 0 Å². The van der Waals surface area contributed by atoms with E-state index in [-0.39, 0.29) is 0 Å². The molecule has 3 heterocycles. The predicted octanol–water partition coefficient (Wildman–Crippen LogP) is 2.10. The van der Waals surface area contributed by atoms with E-state index in [1.807, 2.05) is 0 Å². The highest BCUT2D eigenvalue weighted by atomic mass is 32.1. The number of piperidine rings is 1. The molecule has 0 radical (unpaired) electrons. The highest BCUT2D eigenvalue weighted by Crippen LogP contribution is 2.34. The van der Waals surface area contributed by atoms with Gasteiger partial charge in [0.2, 0.25) is 5.91 Å². The third-order valence-electron chi connectivity index (χ3n) is 4.72. The number of amides is 1. The van der Waals surface area contributed by atoms with Crippen LogP contribution in [0.15, 0.2) is 17.5 Å². The van der Waals surface area contributed by atoms with Crippen LogP contribution < -0.4 is 5.32 Å². The average molecular weight is 307 g/mol. The van der Waals surface area contributed by atoms with Crippen molar-refractivity contribution in [2.75, 3.05) is 33.2 Å². The summed E-state index contributed by atoms with van der Waals surface area (Å²) >= 11 is 1.77. The Hall–Kier alpha value is -0.910. The zero-order valence-electron chi connectivity index (χ0n) is 12.8. The fourth-order valence-corrected chi connectivity index (χ4v) is 4.36. The molecule has 2 unspecified atom stereocenters. The van der Waals surface area contributed by atoms with Gasteiger partial charge in [0.15, 0.2) is 0 Å². The molecule has 1 amide bonds. The van der Waals surface area contributed by atoms with Crippen LogP contribution in [-0.2, 0) is 4.79 Å². The summed E-state index contributed by atoms with van der Waals surface area (Å²) in [6.45, 7) is 3.59. The molecule has 0 saturated carbocycles. The summed E-state index contributed by atoms with van der Waals surface area (Å²) in [6.07, 6.45) is 4.65. The number of carbonyl (C=O) groups excluding carboxylic acids is 1. The van der Waals surface area contributed by atoms with E-state index < -0.39 is 0 Å². The Bertz CT molecular complexity index is 456. The smallest absolute Gasteiger partial charge is 0.237 e. The molecular formula is C16H25N3OS. The molecule has 0 aliphatic carbocycles. The minimum absolute atomic E-state index is 0.291. The van der Waals surface area contributed by atoms with Crippen LogP contribution in [0.5, 0.6) is 0 Å². The number of likely N-dealkylation sites (tertiary alicyclic amines) is 1. The van der Waals surface area contributed by atoms with Crippen molar-refractivity contribution in [3.63, 3.8) is 0 Å². The van der Waals surface area contributed by atoms with Gasteiger partial charge in [-0.1, -0.05) is 6.07 Å². The SMILES string of the molecule is CN(CC(=O)N1CCCC1c1cccs1)C1CCCNC1. The number of hydrogen-bond acceptors (Lipinski definition) is 4. The van der Waals surface area contributed by atoms with Crippen LogP contribution in [0.3, 0.4) is 0 Å². The molecule has 0 bridgehead atoms. The molecule has 116 valence electrons. The lowest BCUT2D eigenvalue weighted by atomic mass is 10.1. The Kier molecular flexibility index (Phi) is 4.93. The maximum atomic E-state index is 12.7. The summed E-state index contributed by atoms with van der Waals surface area (Å²) in [5, 5.41) is 5.53. The zero-order chi connectivity index (χ0) is 14.7. The van der Waals surface area contributed by atoms with Crippen LogP contribution in [0.25, 0.3) is 0 Å². The molecule has 4 nitrogen and oxygen atoms in total.